The van der Waals surface area contributed by atoms with E-state index in [2.05, 4.69) is 5.32 Å². The first kappa shape index (κ1) is 20.2. The summed E-state index contributed by atoms with van der Waals surface area (Å²) in [6.07, 6.45) is 0.541. The van der Waals surface area contributed by atoms with Crippen LogP contribution < -0.4 is 14.8 Å². The van der Waals surface area contributed by atoms with Gasteiger partial charge in [-0.15, -0.1) is 11.3 Å². The van der Waals surface area contributed by atoms with Crippen molar-refractivity contribution in [2.45, 2.75) is 26.8 Å². The second kappa shape index (κ2) is 8.35. The minimum atomic E-state index is -0.469. The van der Waals surface area contributed by atoms with Crippen molar-refractivity contribution in [2.24, 2.45) is 0 Å². The van der Waals surface area contributed by atoms with E-state index in [0.717, 1.165) is 10.4 Å². The first-order valence-corrected chi connectivity index (χ1v) is 10.6. The summed E-state index contributed by atoms with van der Waals surface area (Å²) in [6, 6.07) is 4.97. The summed E-state index contributed by atoms with van der Waals surface area (Å²) in [6.45, 7) is 5.34. The molecule has 1 aromatic heterocycles. The zero-order valence-corrected chi connectivity index (χ0v) is 17.6. The van der Waals surface area contributed by atoms with Crippen LogP contribution in [0.15, 0.2) is 18.2 Å². The normalized spacial score (nSPS) is 14.7. The van der Waals surface area contributed by atoms with Crippen molar-refractivity contribution in [3.8, 4) is 11.5 Å². The molecule has 0 bridgehead atoms. The standard InChI is InChI=1S/C21H22N2O6S/c1-3-27-21(26)18-14-6-7-23(12(2)24)11-17(14)30-20(18)22-19(25)13-4-5-15-16(10-13)29-9-8-28-15/h4-5,10H,3,6-9,11H2,1-2H3,(H,22,25). The Hall–Kier alpha value is -3.07. The topological polar surface area (TPSA) is 94.2 Å². The number of carbonyl (C=O) groups is 3. The zero-order chi connectivity index (χ0) is 21.3. The van der Waals surface area contributed by atoms with Gasteiger partial charge in [0.05, 0.1) is 18.7 Å². The van der Waals surface area contributed by atoms with Crippen molar-refractivity contribution >= 4 is 34.1 Å². The van der Waals surface area contributed by atoms with Crippen molar-refractivity contribution in [3.05, 3.63) is 39.8 Å². The highest BCUT2D eigenvalue weighted by Gasteiger charge is 2.30. The molecule has 0 atom stereocenters. The number of thiophene rings is 1. The molecule has 2 amide bonds. The summed E-state index contributed by atoms with van der Waals surface area (Å²) >= 11 is 1.31. The quantitative estimate of drug-likeness (QED) is 0.750. The Kier molecular flexibility index (Phi) is 5.63. The Morgan fingerprint density at radius 1 is 1.20 bits per heavy atom. The molecule has 2 aromatic rings. The van der Waals surface area contributed by atoms with Gasteiger partial charge in [0.15, 0.2) is 11.5 Å². The van der Waals surface area contributed by atoms with Gasteiger partial charge in [-0.1, -0.05) is 0 Å². The highest BCUT2D eigenvalue weighted by Crippen LogP contribution is 2.38. The van der Waals surface area contributed by atoms with Gasteiger partial charge < -0.3 is 24.4 Å². The van der Waals surface area contributed by atoms with Crippen LogP contribution in [-0.2, 0) is 22.5 Å². The first-order valence-electron chi connectivity index (χ1n) is 9.76. The summed E-state index contributed by atoms with van der Waals surface area (Å²) < 4.78 is 16.3. The van der Waals surface area contributed by atoms with Gasteiger partial charge in [-0.25, -0.2) is 4.79 Å². The predicted molar refractivity (Wildman–Crippen MR) is 110 cm³/mol. The van der Waals surface area contributed by atoms with Crippen molar-refractivity contribution in [1.29, 1.82) is 0 Å². The van der Waals surface area contributed by atoms with Crippen molar-refractivity contribution in [1.82, 2.24) is 4.90 Å². The summed E-state index contributed by atoms with van der Waals surface area (Å²) in [5.74, 6) is 0.264. The van der Waals surface area contributed by atoms with E-state index < -0.39 is 5.97 Å². The van der Waals surface area contributed by atoms with Crippen LogP contribution in [0.4, 0.5) is 5.00 Å². The van der Waals surface area contributed by atoms with Gasteiger partial charge in [0.2, 0.25) is 5.91 Å². The molecule has 2 aliphatic rings. The third-order valence-electron chi connectivity index (χ3n) is 5.01. The number of ether oxygens (including phenoxy) is 3. The van der Waals surface area contributed by atoms with E-state index in [1.165, 1.54) is 18.3 Å². The van der Waals surface area contributed by atoms with Crippen molar-refractivity contribution in [3.63, 3.8) is 0 Å². The Labute approximate surface area is 177 Å². The van der Waals surface area contributed by atoms with E-state index in [4.69, 9.17) is 14.2 Å². The molecule has 4 rings (SSSR count). The molecule has 2 aliphatic heterocycles. The molecule has 0 unspecified atom stereocenters. The van der Waals surface area contributed by atoms with Gasteiger partial charge in [0.25, 0.3) is 5.91 Å². The Morgan fingerprint density at radius 2 is 1.97 bits per heavy atom. The number of benzene rings is 1. The molecule has 0 aliphatic carbocycles. The lowest BCUT2D eigenvalue weighted by atomic mass is 10.0. The molecule has 158 valence electrons. The summed E-state index contributed by atoms with van der Waals surface area (Å²) in [5.41, 5.74) is 1.62. The SMILES string of the molecule is CCOC(=O)c1c(NC(=O)c2ccc3c(c2)OCCO3)sc2c1CCN(C(C)=O)C2. The van der Waals surface area contributed by atoms with Crippen LogP contribution in [0.1, 0.15) is 45.0 Å². The molecule has 0 spiro atoms. The number of nitrogens with one attached hydrogen (secondary N) is 1. The van der Waals surface area contributed by atoms with Crippen LogP contribution in [0, 0.1) is 0 Å². The molecule has 0 saturated carbocycles. The molecule has 0 fully saturated rings. The number of nitrogens with zero attached hydrogens (tertiary/aromatic N) is 1. The number of rotatable bonds is 4. The van der Waals surface area contributed by atoms with E-state index in [1.54, 1.807) is 30.0 Å². The predicted octanol–water partition coefficient (Wildman–Crippen LogP) is 2.85. The van der Waals surface area contributed by atoms with Crippen LogP contribution in [0.25, 0.3) is 0 Å². The molecular weight excluding hydrogens is 408 g/mol. The molecule has 30 heavy (non-hydrogen) atoms. The van der Waals surface area contributed by atoms with Gasteiger partial charge >= 0.3 is 5.97 Å². The fourth-order valence-electron chi connectivity index (χ4n) is 3.54. The summed E-state index contributed by atoms with van der Waals surface area (Å²) in [4.78, 5) is 39.9. The number of hydrogen-bond acceptors (Lipinski definition) is 7. The lowest BCUT2D eigenvalue weighted by molar-refractivity contribution is -0.129. The third kappa shape index (κ3) is 3.85. The smallest absolute Gasteiger partial charge is 0.341 e. The molecule has 1 aromatic carbocycles. The highest BCUT2D eigenvalue weighted by molar-refractivity contribution is 7.17. The van der Waals surface area contributed by atoms with Crippen LogP contribution >= 0.6 is 11.3 Å². The highest BCUT2D eigenvalue weighted by atomic mass is 32.1. The Balaban J connectivity index is 1.64. The van der Waals surface area contributed by atoms with Gasteiger partial charge in [-0.3, -0.25) is 9.59 Å². The molecule has 0 saturated heterocycles. The van der Waals surface area contributed by atoms with Crippen LogP contribution in [0.2, 0.25) is 0 Å². The fraction of sp³-hybridized carbons (Fsp3) is 0.381. The minimum Gasteiger partial charge on any atom is -0.486 e. The number of anilines is 1. The minimum absolute atomic E-state index is 0.0198. The number of carbonyl (C=O) groups excluding carboxylic acids is 3. The second-order valence-electron chi connectivity index (χ2n) is 6.93. The van der Waals surface area contributed by atoms with Crippen LogP contribution in [-0.4, -0.2) is 49.0 Å². The average molecular weight is 430 g/mol. The summed E-state index contributed by atoms with van der Waals surface area (Å²) in [7, 11) is 0. The summed E-state index contributed by atoms with van der Waals surface area (Å²) in [5, 5.41) is 3.29. The number of hydrogen-bond donors (Lipinski definition) is 1. The second-order valence-corrected chi connectivity index (χ2v) is 8.04. The van der Waals surface area contributed by atoms with Crippen LogP contribution in [0.3, 0.4) is 0 Å². The maximum absolute atomic E-state index is 12.9. The van der Waals surface area contributed by atoms with Gasteiger partial charge in [0, 0.05) is 23.9 Å². The van der Waals surface area contributed by atoms with Gasteiger partial charge in [-0.2, -0.15) is 0 Å². The lowest BCUT2D eigenvalue weighted by Crippen LogP contribution is -2.34. The third-order valence-corrected chi connectivity index (χ3v) is 6.15. The number of fused-ring (bicyclic) bond motifs is 2. The van der Waals surface area contributed by atoms with E-state index >= 15 is 0 Å². The molecule has 8 nitrogen and oxygen atoms in total. The Morgan fingerprint density at radius 3 is 2.70 bits per heavy atom. The van der Waals surface area contributed by atoms with E-state index in [1.807, 2.05) is 0 Å². The number of esters is 1. The Bertz CT molecular complexity index is 1020. The molecular formula is C21H22N2O6S. The average Bonchev–Trinajstić information content (AvgIpc) is 3.10. The largest absolute Gasteiger partial charge is 0.486 e. The first-order chi connectivity index (χ1) is 14.5. The molecule has 3 heterocycles. The van der Waals surface area contributed by atoms with Gasteiger partial charge in [0.1, 0.15) is 18.2 Å². The van der Waals surface area contributed by atoms with Crippen LogP contribution in [0.5, 0.6) is 11.5 Å². The lowest BCUT2D eigenvalue weighted by Gasteiger charge is -2.25. The van der Waals surface area contributed by atoms with Gasteiger partial charge in [-0.05, 0) is 37.1 Å². The zero-order valence-electron chi connectivity index (χ0n) is 16.8. The van der Waals surface area contributed by atoms with E-state index in [0.29, 0.717) is 60.4 Å². The molecule has 1 N–H and O–H groups in total. The maximum atomic E-state index is 12.9. The van der Waals surface area contributed by atoms with E-state index in [9.17, 15) is 14.4 Å². The fourth-order valence-corrected chi connectivity index (χ4v) is 4.79. The number of amides is 2. The molecule has 9 heteroatoms. The molecule has 0 radical (unpaired) electrons. The van der Waals surface area contributed by atoms with E-state index in [-0.39, 0.29) is 18.4 Å². The van der Waals surface area contributed by atoms with Crippen molar-refractivity contribution in [2.75, 3.05) is 31.7 Å². The van der Waals surface area contributed by atoms with Crippen molar-refractivity contribution < 1.29 is 28.6 Å². The monoisotopic (exact) mass is 430 g/mol. The maximum Gasteiger partial charge on any atom is 0.341 e.